The number of thiazole rings is 1. The minimum Gasteiger partial charge on any atom is -0.347 e. The van der Waals surface area contributed by atoms with Gasteiger partial charge in [-0.05, 0) is 43.7 Å². The fourth-order valence-corrected chi connectivity index (χ4v) is 3.80. The van der Waals surface area contributed by atoms with Crippen LogP contribution in [0.1, 0.15) is 31.5 Å². The van der Waals surface area contributed by atoms with E-state index >= 15 is 0 Å². The molecule has 7 heteroatoms. The van der Waals surface area contributed by atoms with Gasteiger partial charge >= 0.3 is 0 Å². The molecule has 2 amide bonds. The molecule has 0 aliphatic rings. The maximum atomic E-state index is 12.5. The van der Waals surface area contributed by atoms with Gasteiger partial charge in [0.05, 0.1) is 12.1 Å². The maximum absolute atomic E-state index is 12.5. The van der Waals surface area contributed by atoms with Gasteiger partial charge in [-0.2, -0.15) is 0 Å². The standard InChI is InChI=1S/C21H20ClN3O2S/c1-13-4-3-5-15(10-13)12-23-21(27)20-14(2)24-19(28-20)11-18(26)25-17-8-6-16(22)7-9-17/h3-10H,11-12H2,1-2H3,(H,23,27)(H,25,26). The van der Waals surface area contributed by atoms with Crippen LogP contribution >= 0.6 is 22.9 Å². The number of anilines is 1. The summed E-state index contributed by atoms with van der Waals surface area (Å²) in [7, 11) is 0. The first kappa shape index (κ1) is 20.0. The molecular weight excluding hydrogens is 394 g/mol. The van der Waals surface area contributed by atoms with E-state index < -0.39 is 0 Å². The molecule has 0 aliphatic carbocycles. The van der Waals surface area contributed by atoms with Gasteiger partial charge in [0.1, 0.15) is 9.88 Å². The highest BCUT2D eigenvalue weighted by Crippen LogP contribution is 2.20. The van der Waals surface area contributed by atoms with Crippen LogP contribution in [-0.2, 0) is 17.8 Å². The second kappa shape index (κ2) is 8.99. The molecule has 1 heterocycles. The Bertz CT molecular complexity index is 999. The molecule has 3 aromatic rings. The minimum atomic E-state index is -0.192. The van der Waals surface area contributed by atoms with Gasteiger partial charge in [-0.15, -0.1) is 11.3 Å². The molecule has 1 aromatic heterocycles. The maximum Gasteiger partial charge on any atom is 0.263 e. The molecule has 0 radical (unpaired) electrons. The van der Waals surface area contributed by atoms with Crippen LogP contribution in [0.5, 0.6) is 0 Å². The number of halogens is 1. The summed E-state index contributed by atoms with van der Waals surface area (Å²) in [5.74, 6) is -0.372. The van der Waals surface area contributed by atoms with E-state index in [4.69, 9.17) is 11.6 Å². The zero-order valence-corrected chi connectivity index (χ0v) is 17.2. The van der Waals surface area contributed by atoms with E-state index in [0.29, 0.717) is 32.8 Å². The monoisotopic (exact) mass is 413 g/mol. The zero-order chi connectivity index (χ0) is 20.1. The Kier molecular flexibility index (Phi) is 6.44. The first-order valence-corrected chi connectivity index (χ1v) is 9.95. The fraction of sp³-hybridized carbons (Fsp3) is 0.190. The van der Waals surface area contributed by atoms with Crippen molar-refractivity contribution in [2.24, 2.45) is 0 Å². The molecule has 144 valence electrons. The van der Waals surface area contributed by atoms with Crippen LogP contribution in [0.15, 0.2) is 48.5 Å². The molecule has 2 aromatic carbocycles. The van der Waals surface area contributed by atoms with E-state index in [1.54, 1.807) is 31.2 Å². The van der Waals surface area contributed by atoms with E-state index in [0.717, 1.165) is 11.1 Å². The van der Waals surface area contributed by atoms with Crippen molar-refractivity contribution in [3.8, 4) is 0 Å². The third-order valence-corrected chi connectivity index (χ3v) is 5.43. The molecular formula is C21H20ClN3O2S. The summed E-state index contributed by atoms with van der Waals surface area (Å²) >= 11 is 7.08. The fourth-order valence-electron chi connectivity index (χ4n) is 2.70. The average molecular weight is 414 g/mol. The van der Waals surface area contributed by atoms with Crippen LogP contribution in [0.4, 0.5) is 5.69 Å². The van der Waals surface area contributed by atoms with Crippen LogP contribution in [0.3, 0.4) is 0 Å². The summed E-state index contributed by atoms with van der Waals surface area (Å²) in [6.07, 6.45) is 0.110. The number of nitrogens with one attached hydrogen (secondary N) is 2. The number of benzene rings is 2. The number of hydrogen-bond donors (Lipinski definition) is 2. The van der Waals surface area contributed by atoms with Crippen LogP contribution in [0.25, 0.3) is 0 Å². The van der Waals surface area contributed by atoms with Gasteiger partial charge in [0.25, 0.3) is 5.91 Å². The normalized spacial score (nSPS) is 10.5. The third kappa shape index (κ3) is 5.41. The van der Waals surface area contributed by atoms with Crippen molar-refractivity contribution in [3.63, 3.8) is 0 Å². The number of rotatable bonds is 6. The largest absolute Gasteiger partial charge is 0.347 e. The zero-order valence-electron chi connectivity index (χ0n) is 15.6. The summed E-state index contributed by atoms with van der Waals surface area (Å²) in [4.78, 5) is 29.6. The van der Waals surface area contributed by atoms with Crippen molar-refractivity contribution >= 4 is 40.4 Å². The van der Waals surface area contributed by atoms with Gasteiger partial charge in [-0.25, -0.2) is 4.98 Å². The van der Waals surface area contributed by atoms with Gasteiger partial charge < -0.3 is 10.6 Å². The van der Waals surface area contributed by atoms with Crippen molar-refractivity contribution in [2.45, 2.75) is 26.8 Å². The lowest BCUT2D eigenvalue weighted by Crippen LogP contribution is -2.22. The van der Waals surface area contributed by atoms with E-state index in [1.165, 1.54) is 11.3 Å². The Morgan fingerprint density at radius 3 is 2.57 bits per heavy atom. The summed E-state index contributed by atoms with van der Waals surface area (Å²) in [6, 6.07) is 14.9. The molecule has 5 nitrogen and oxygen atoms in total. The Balaban J connectivity index is 1.59. The first-order valence-electron chi connectivity index (χ1n) is 8.76. The topological polar surface area (TPSA) is 71.1 Å². The molecule has 2 N–H and O–H groups in total. The Morgan fingerprint density at radius 2 is 1.86 bits per heavy atom. The average Bonchev–Trinajstić information content (AvgIpc) is 3.02. The van der Waals surface area contributed by atoms with Gasteiger partial charge in [0.15, 0.2) is 0 Å². The number of aromatic nitrogens is 1. The van der Waals surface area contributed by atoms with Crippen LogP contribution in [-0.4, -0.2) is 16.8 Å². The predicted molar refractivity (Wildman–Crippen MR) is 113 cm³/mol. The molecule has 0 unspecified atom stereocenters. The highest BCUT2D eigenvalue weighted by molar-refractivity contribution is 7.13. The van der Waals surface area contributed by atoms with Crippen molar-refractivity contribution < 1.29 is 9.59 Å². The molecule has 0 atom stereocenters. The lowest BCUT2D eigenvalue weighted by Gasteiger charge is -2.05. The molecule has 0 saturated carbocycles. The Morgan fingerprint density at radius 1 is 1.11 bits per heavy atom. The summed E-state index contributed by atoms with van der Waals surface area (Å²) < 4.78 is 0. The number of aryl methyl sites for hydroxylation is 2. The van der Waals surface area contributed by atoms with Crippen LogP contribution in [0, 0.1) is 13.8 Å². The number of hydrogen-bond acceptors (Lipinski definition) is 4. The second-order valence-corrected chi connectivity index (χ2v) is 7.95. The first-order chi connectivity index (χ1) is 13.4. The smallest absolute Gasteiger partial charge is 0.263 e. The third-order valence-electron chi connectivity index (χ3n) is 4.02. The molecule has 0 fully saturated rings. The number of carbonyl (C=O) groups is 2. The van der Waals surface area contributed by atoms with Gasteiger partial charge in [0.2, 0.25) is 5.91 Å². The van der Waals surface area contributed by atoms with E-state index in [-0.39, 0.29) is 18.2 Å². The molecule has 0 bridgehead atoms. The highest BCUT2D eigenvalue weighted by Gasteiger charge is 2.17. The van der Waals surface area contributed by atoms with Gasteiger partial charge in [-0.1, -0.05) is 41.4 Å². The number of carbonyl (C=O) groups excluding carboxylic acids is 2. The predicted octanol–water partition coefficient (Wildman–Crippen LogP) is 4.52. The number of amides is 2. The van der Waals surface area contributed by atoms with E-state index in [9.17, 15) is 9.59 Å². The molecule has 0 spiro atoms. The SMILES string of the molecule is Cc1cccc(CNC(=O)c2sc(CC(=O)Nc3ccc(Cl)cc3)nc2C)c1. The van der Waals surface area contributed by atoms with Crippen molar-refractivity contribution in [3.05, 3.63) is 80.3 Å². The molecule has 0 aliphatic heterocycles. The van der Waals surface area contributed by atoms with Crippen molar-refractivity contribution in [1.29, 1.82) is 0 Å². The Hall–Kier alpha value is -2.70. The van der Waals surface area contributed by atoms with Crippen molar-refractivity contribution in [1.82, 2.24) is 10.3 Å². The van der Waals surface area contributed by atoms with E-state index in [1.807, 2.05) is 31.2 Å². The van der Waals surface area contributed by atoms with E-state index in [2.05, 4.69) is 15.6 Å². The summed E-state index contributed by atoms with van der Waals surface area (Å²) in [6.45, 7) is 4.24. The number of nitrogens with zero attached hydrogens (tertiary/aromatic N) is 1. The van der Waals surface area contributed by atoms with Crippen molar-refractivity contribution in [2.75, 3.05) is 5.32 Å². The minimum absolute atomic E-state index is 0.110. The highest BCUT2D eigenvalue weighted by atomic mass is 35.5. The van der Waals surface area contributed by atoms with Gasteiger partial charge in [-0.3, -0.25) is 9.59 Å². The molecule has 0 saturated heterocycles. The van der Waals surface area contributed by atoms with Gasteiger partial charge in [0, 0.05) is 17.3 Å². The van der Waals surface area contributed by atoms with Crippen LogP contribution < -0.4 is 10.6 Å². The summed E-state index contributed by atoms with van der Waals surface area (Å²) in [5, 5.41) is 6.92. The summed E-state index contributed by atoms with van der Waals surface area (Å²) in [5.41, 5.74) is 3.48. The Labute approximate surface area is 172 Å². The lowest BCUT2D eigenvalue weighted by molar-refractivity contribution is -0.115. The quantitative estimate of drug-likeness (QED) is 0.623. The molecule has 28 heavy (non-hydrogen) atoms. The second-order valence-electron chi connectivity index (χ2n) is 6.43. The lowest BCUT2D eigenvalue weighted by atomic mass is 10.1. The van der Waals surface area contributed by atoms with Crippen LogP contribution in [0.2, 0.25) is 5.02 Å². The molecule has 3 rings (SSSR count).